The van der Waals surface area contributed by atoms with Gasteiger partial charge in [0.1, 0.15) is 22.8 Å². The predicted molar refractivity (Wildman–Crippen MR) is 114 cm³/mol. The molecule has 10 nitrogen and oxygen atoms in total. The number of phenols is 1. The van der Waals surface area contributed by atoms with E-state index in [-0.39, 0.29) is 23.3 Å². The number of carbonyl (C=O) groups excluding carboxylic acids is 3. The quantitative estimate of drug-likeness (QED) is 0.304. The number of fused-ring (bicyclic) bond motifs is 3. The summed E-state index contributed by atoms with van der Waals surface area (Å²) < 4.78 is 5.58. The van der Waals surface area contributed by atoms with E-state index in [1.54, 1.807) is 26.2 Å². The minimum Gasteiger partial charge on any atom is -0.510 e. The molecule has 0 aliphatic heterocycles. The third kappa shape index (κ3) is 2.70. The van der Waals surface area contributed by atoms with Crippen LogP contribution in [0.2, 0.25) is 0 Å². The molecule has 0 saturated carbocycles. The van der Waals surface area contributed by atoms with Gasteiger partial charge in [0.25, 0.3) is 5.91 Å². The molecular formula is C21H23N2O8P. The zero-order valence-electron chi connectivity index (χ0n) is 17.3. The van der Waals surface area contributed by atoms with E-state index in [4.69, 9.17) is 10.3 Å². The van der Waals surface area contributed by atoms with Crippen LogP contribution in [0.25, 0.3) is 0 Å². The average Bonchev–Trinajstić information content (AvgIpc) is 2.70. The van der Waals surface area contributed by atoms with Crippen molar-refractivity contribution in [1.29, 1.82) is 0 Å². The van der Waals surface area contributed by atoms with E-state index in [1.807, 2.05) is 9.47 Å². The topological polar surface area (TPSA) is 171 Å². The number of nitrogens with two attached hydrogens (primary N) is 1. The van der Waals surface area contributed by atoms with Crippen molar-refractivity contribution in [1.82, 2.24) is 4.90 Å². The molecule has 0 saturated heterocycles. The summed E-state index contributed by atoms with van der Waals surface area (Å²) in [5.41, 5.74) is 1.85. The molecule has 0 aromatic heterocycles. The molecule has 0 spiro atoms. The number of aromatic hydroxyl groups is 1. The number of amides is 1. The lowest BCUT2D eigenvalue weighted by Crippen LogP contribution is -2.68. The maximum Gasteiger partial charge on any atom is 0.255 e. The Hall–Kier alpha value is -2.78. The van der Waals surface area contributed by atoms with Crippen LogP contribution in [0.15, 0.2) is 40.9 Å². The molecule has 32 heavy (non-hydrogen) atoms. The van der Waals surface area contributed by atoms with Gasteiger partial charge >= 0.3 is 0 Å². The van der Waals surface area contributed by atoms with Crippen molar-refractivity contribution in [3.8, 4) is 5.75 Å². The Labute approximate surface area is 185 Å². The Bertz CT molecular complexity index is 1130. The highest BCUT2D eigenvalue weighted by molar-refractivity contribution is 7.09. The van der Waals surface area contributed by atoms with Gasteiger partial charge in [-0.15, -0.1) is 0 Å². The third-order valence-corrected chi connectivity index (χ3v) is 6.98. The van der Waals surface area contributed by atoms with Crippen LogP contribution < -0.4 is 5.73 Å². The first-order valence-electron chi connectivity index (χ1n) is 9.79. The molecule has 0 radical (unpaired) electrons. The molecule has 0 fully saturated rings. The first kappa shape index (κ1) is 22.4. The number of phenolic OH excluding ortho intramolecular Hbond substituents is 1. The van der Waals surface area contributed by atoms with Gasteiger partial charge < -0.3 is 30.7 Å². The summed E-state index contributed by atoms with van der Waals surface area (Å²) >= 11 is 0. The van der Waals surface area contributed by atoms with Crippen LogP contribution in [0.3, 0.4) is 0 Å². The lowest BCUT2D eigenvalue weighted by Gasteiger charge is -2.53. The maximum absolute atomic E-state index is 13.3. The summed E-state index contributed by atoms with van der Waals surface area (Å²) in [6.07, 6.45) is -0.898. The van der Waals surface area contributed by atoms with Gasteiger partial charge in [0.05, 0.1) is 23.6 Å². The summed E-state index contributed by atoms with van der Waals surface area (Å²) in [6, 6.07) is 3.40. The van der Waals surface area contributed by atoms with Crippen LogP contribution in [-0.2, 0) is 20.5 Å². The summed E-state index contributed by atoms with van der Waals surface area (Å²) in [6.45, 7) is 0. The SMILES string of the molecule is CN(C)[C@@H]1C(O)=C(C(N)=O)C(=O)[C@@]2(O)C(O)=C3C(=O)c4c(O)cccc4C[C@H]3[C@H](OP)[C@@H]12. The van der Waals surface area contributed by atoms with Crippen molar-refractivity contribution in [2.75, 3.05) is 14.1 Å². The van der Waals surface area contributed by atoms with E-state index in [9.17, 15) is 34.8 Å². The number of benzene rings is 1. The molecule has 3 aliphatic rings. The van der Waals surface area contributed by atoms with Gasteiger partial charge in [-0.05, 0) is 32.1 Å². The van der Waals surface area contributed by atoms with Gasteiger partial charge in [0.2, 0.25) is 5.78 Å². The van der Waals surface area contributed by atoms with Gasteiger partial charge in [-0.1, -0.05) is 12.1 Å². The van der Waals surface area contributed by atoms with E-state index in [0.717, 1.165) is 0 Å². The molecule has 4 rings (SSSR count). The second kappa shape index (κ2) is 7.38. The molecule has 1 unspecified atom stereocenters. The molecule has 0 bridgehead atoms. The average molecular weight is 462 g/mol. The zero-order chi connectivity index (χ0) is 23.7. The summed E-state index contributed by atoms with van der Waals surface area (Å²) in [7, 11) is 5.13. The zero-order valence-corrected chi connectivity index (χ0v) is 18.4. The number of Topliss-reactive ketones (excluding diaryl/α,β-unsaturated/α-hetero) is 2. The molecule has 1 amide bonds. The van der Waals surface area contributed by atoms with Crippen LogP contribution in [0, 0.1) is 11.8 Å². The monoisotopic (exact) mass is 462 g/mol. The fourth-order valence-corrected chi connectivity index (χ4v) is 5.71. The second-order valence-corrected chi connectivity index (χ2v) is 8.74. The third-order valence-electron chi connectivity index (χ3n) is 6.67. The van der Waals surface area contributed by atoms with Gasteiger partial charge in [-0.2, -0.15) is 0 Å². The Kier molecular flexibility index (Phi) is 5.17. The van der Waals surface area contributed by atoms with Crippen LogP contribution in [-0.4, -0.2) is 74.6 Å². The number of nitrogens with zero attached hydrogens (tertiary/aromatic N) is 1. The van der Waals surface area contributed by atoms with Gasteiger partial charge in [0, 0.05) is 21.0 Å². The number of likely N-dealkylation sites (N-methyl/N-ethyl adjacent to an activating group) is 1. The largest absolute Gasteiger partial charge is 0.510 e. The lowest BCUT2D eigenvalue weighted by molar-refractivity contribution is -0.158. The Morgan fingerprint density at radius 3 is 2.47 bits per heavy atom. The van der Waals surface area contributed by atoms with Crippen molar-refractivity contribution in [2.24, 2.45) is 17.6 Å². The van der Waals surface area contributed by atoms with Gasteiger partial charge in [-0.25, -0.2) is 0 Å². The standard InChI is InChI=1S/C21H23N2O8P/c1-23(2)14-13-17(31-32)8-6-7-4-3-5-9(24)10(7)15(25)11(8)18(27)21(13,30)19(28)12(16(14)26)20(22)29/h3-5,8,13-14,17,24,26-27,30H,6,32H2,1-2H3,(H2,22,29)/t8-,13-,14+,17+,21+/m1/s1. The van der Waals surface area contributed by atoms with Crippen LogP contribution in [0.4, 0.5) is 0 Å². The van der Waals surface area contributed by atoms with E-state index < -0.39 is 64.1 Å². The Morgan fingerprint density at radius 1 is 1.25 bits per heavy atom. The highest BCUT2D eigenvalue weighted by Gasteiger charge is 2.67. The number of rotatable bonds is 3. The second-order valence-electron chi connectivity index (χ2n) is 8.47. The van der Waals surface area contributed by atoms with Crippen molar-refractivity contribution >= 4 is 26.9 Å². The number of carbonyl (C=O) groups is 3. The Morgan fingerprint density at radius 2 is 1.91 bits per heavy atom. The summed E-state index contributed by atoms with van der Waals surface area (Å²) in [5, 5.41) is 43.8. The molecule has 3 aliphatic carbocycles. The fourth-order valence-electron chi connectivity index (χ4n) is 5.35. The summed E-state index contributed by atoms with van der Waals surface area (Å²) in [4.78, 5) is 40.1. The molecule has 170 valence electrons. The lowest BCUT2D eigenvalue weighted by atomic mass is 9.57. The van der Waals surface area contributed by atoms with Crippen LogP contribution in [0.5, 0.6) is 5.75 Å². The molecule has 11 heteroatoms. The molecule has 1 aromatic carbocycles. The normalized spacial score (nSPS) is 32.0. The van der Waals surface area contributed by atoms with Crippen LogP contribution >= 0.6 is 9.47 Å². The molecule has 6 atom stereocenters. The van der Waals surface area contributed by atoms with E-state index in [1.165, 1.54) is 11.0 Å². The van der Waals surface area contributed by atoms with Crippen molar-refractivity contribution in [3.05, 3.63) is 52.0 Å². The van der Waals surface area contributed by atoms with E-state index >= 15 is 0 Å². The number of ketones is 2. The first-order valence-corrected chi connectivity index (χ1v) is 10.3. The van der Waals surface area contributed by atoms with Crippen molar-refractivity contribution in [2.45, 2.75) is 24.2 Å². The van der Waals surface area contributed by atoms with Gasteiger partial charge in [-0.3, -0.25) is 19.3 Å². The van der Waals surface area contributed by atoms with E-state index in [0.29, 0.717) is 5.56 Å². The minimum absolute atomic E-state index is 0.0456. The van der Waals surface area contributed by atoms with Crippen molar-refractivity contribution < 1.29 is 39.3 Å². The molecular weight excluding hydrogens is 439 g/mol. The highest BCUT2D eigenvalue weighted by atomic mass is 31.0. The number of hydrogen-bond donors (Lipinski definition) is 5. The molecule has 6 N–H and O–H groups in total. The number of primary amides is 1. The van der Waals surface area contributed by atoms with Crippen LogP contribution in [0.1, 0.15) is 15.9 Å². The number of aliphatic hydroxyl groups is 3. The van der Waals surface area contributed by atoms with E-state index in [2.05, 4.69) is 0 Å². The maximum atomic E-state index is 13.3. The smallest absolute Gasteiger partial charge is 0.255 e. The first-order chi connectivity index (χ1) is 15.0. The number of hydrogen-bond acceptors (Lipinski definition) is 9. The number of aliphatic hydroxyl groups excluding tert-OH is 2. The predicted octanol–water partition coefficient (Wildman–Crippen LogP) is -0.0942. The minimum atomic E-state index is -2.77. The molecule has 1 aromatic rings. The summed E-state index contributed by atoms with van der Waals surface area (Å²) in [5.74, 6) is -7.36. The highest BCUT2D eigenvalue weighted by Crippen LogP contribution is 2.53. The van der Waals surface area contributed by atoms with Crippen molar-refractivity contribution in [3.63, 3.8) is 0 Å². The van der Waals surface area contributed by atoms with Gasteiger partial charge in [0.15, 0.2) is 11.4 Å². The molecule has 0 heterocycles. The fraction of sp³-hybridized carbons (Fsp3) is 0.381. The Balaban J connectivity index is 2.05.